The molecule has 2 aromatic rings. The van der Waals surface area contributed by atoms with Crippen LogP contribution in [-0.4, -0.2) is 11.6 Å². The standard InChI is InChI=1S/C12H10N2O/c13-7-3-9-15-12-6-1-5-11-10(12)4-2-8-14-11/h1-2,4-6,8H,3,9H2. The maximum atomic E-state index is 8.42. The number of nitriles is 1. The van der Waals surface area contributed by atoms with E-state index in [1.54, 1.807) is 6.20 Å². The van der Waals surface area contributed by atoms with E-state index in [4.69, 9.17) is 10.00 Å². The third-order valence-electron chi connectivity index (χ3n) is 2.08. The van der Waals surface area contributed by atoms with Crippen LogP contribution in [0.15, 0.2) is 36.5 Å². The molecule has 0 spiro atoms. The van der Waals surface area contributed by atoms with Gasteiger partial charge in [0.2, 0.25) is 0 Å². The molecule has 3 nitrogen and oxygen atoms in total. The van der Waals surface area contributed by atoms with E-state index in [-0.39, 0.29) is 0 Å². The zero-order valence-electron chi connectivity index (χ0n) is 8.18. The minimum absolute atomic E-state index is 0.399. The number of aromatic nitrogens is 1. The van der Waals surface area contributed by atoms with Crippen LogP contribution in [0.25, 0.3) is 10.9 Å². The summed E-state index contributed by atoms with van der Waals surface area (Å²) in [4.78, 5) is 4.23. The maximum absolute atomic E-state index is 8.42. The minimum Gasteiger partial charge on any atom is -0.492 e. The number of benzene rings is 1. The van der Waals surface area contributed by atoms with Gasteiger partial charge in [-0.15, -0.1) is 0 Å². The van der Waals surface area contributed by atoms with Crippen molar-refractivity contribution in [1.29, 1.82) is 5.26 Å². The number of pyridine rings is 1. The van der Waals surface area contributed by atoms with Crippen LogP contribution in [0.3, 0.4) is 0 Å². The highest BCUT2D eigenvalue weighted by Crippen LogP contribution is 2.23. The topological polar surface area (TPSA) is 45.9 Å². The fraction of sp³-hybridized carbons (Fsp3) is 0.167. The van der Waals surface area contributed by atoms with E-state index in [2.05, 4.69) is 4.98 Å². The molecule has 0 aliphatic rings. The summed E-state index contributed by atoms with van der Waals surface area (Å²) in [5, 5.41) is 9.40. The molecule has 0 N–H and O–H groups in total. The first-order chi connectivity index (χ1) is 7.42. The Kier molecular flexibility index (Phi) is 2.80. The van der Waals surface area contributed by atoms with Crippen LogP contribution < -0.4 is 4.74 Å². The average molecular weight is 198 g/mol. The smallest absolute Gasteiger partial charge is 0.128 e. The van der Waals surface area contributed by atoms with E-state index in [9.17, 15) is 0 Å². The summed E-state index contributed by atoms with van der Waals surface area (Å²) in [6, 6.07) is 11.6. The summed E-state index contributed by atoms with van der Waals surface area (Å²) >= 11 is 0. The Hall–Kier alpha value is -2.08. The summed E-state index contributed by atoms with van der Waals surface area (Å²) in [7, 11) is 0. The zero-order chi connectivity index (χ0) is 10.5. The Balaban J connectivity index is 2.31. The molecule has 1 aromatic heterocycles. The molecule has 3 heteroatoms. The molecule has 0 fully saturated rings. The van der Waals surface area contributed by atoms with Gasteiger partial charge < -0.3 is 4.74 Å². The van der Waals surface area contributed by atoms with Gasteiger partial charge in [-0.05, 0) is 24.3 Å². The third kappa shape index (κ3) is 2.05. The number of hydrogen-bond acceptors (Lipinski definition) is 3. The van der Waals surface area contributed by atoms with Gasteiger partial charge in [0.15, 0.2) is 0 Å². The second-order valence-corrected chi connectivity index (χ2v) is 3.08. The first kappa shape index (κ1) is 9.47. The van der Waals surface area contributed by atoms with Gasteiger partial charge >= 0.3 is 0 Å². The fourth-order valence-electron chi connectivity index (χ4n) is 1.41. The van der Waals surface area contributed by atoms with E-state index in [0.717, 1.165) is 16.7 Å². The molecule has 0 aliphatic carbocycles. The molecule has 0 atom stereocenters. The number of nitrogens with zero attached hydrogens (tertiary/aromatic N) is 2. The Bertz CT molecular complexity index is 497. The van der Waals surface area contributed by atoms with E-state index in [1.165, 1.54) is 0 Å². The van der Waals surface area contributed by atoms with Gasteiger partial charge in [-0.1, -0.05) is 6.07 Å². The van der Waals surface area contributed by atoms with Crippen molar-refractivity contribution in [2.75, 3.05) is 6.61 Å². The highest BCUT2D eigenvalue weighted by molar-refractivity contribution is 5.84. The Labute approximate surface area is 87.9 Å². The first-order valence-corrected chi connectivity index (χ1v) is 4.75. The van der Waals surface area contributed by atoms with Crippen LogP contribution in [-0.2, 0) is 0 Å². The van der Waals surface area contributed by atoms with Crippen molar-refractivity contribution in [3.63, 3.8) is 0 Å². The quantitative estimate of drug-likeness (QED) is 0.712. The second-order valence-electron chi connectivity index (χ2n) is 3.08. The van der Waals surface area contributed by atoms with Crippen LogP contribution in [0.2, 0.25) is 0 Å². The van der Waals surface area contributed by atoms with Crippen molar-refractivity contribution in [1.82, 2.24) is 4.98 Å². The van der Waals surface area contributed by atoms with Crippen molar-refractivity contribution in [3.8, 4) is 11.8 Å². The normalized spacial score (nSPS) is 9.80. The number of ether oxygens (including phenoxy) is 1. The van der Waals surface area contributed by atoms with Gasteiger partial charge in [0.25, 0.3) is 0 Å². The van der Waals surface area contributed by atoms with Crippen molar-refractivity contribution in [3.05, 3.63) is 36.5 Å². The molecule has 0 saturated carbocycles. The fourth-order valence-corrected chi connectivity index (χ4v) is 1.41. The molecule has 1 heterocycles. The van der Waals surface area contributed by atoms with Crippen molar-refractivity contribution >= 4 is 10.9 Å². The van der Waals surface area contributed by atoms with Gasteiger partial charge in [0.05, 0.1) is 18.0 Å². The van der Waals surface area contributed by atoms with Crippen molar-refractivity contribution in [2.24, 2.45) is 0 Å². The van der Waals surface area contributed by atoms with E-state index < -0.39 is 0 Å². The van der Waals surface area contributed by atoms with Gasteiger partial charge in [-0.25, -0.2) is 0 Å². The molecule has 1 aromatic carbocycles. The molecule has 0 radical (unpaired) electrons. The summed E-state index contributed by atoms with van der Waals surface area (Å²) < 4.78 is 5.50. The van der Waals surface area contributed by atoms with Crippen LogP contribution in [0.1, 0.15) is 6.42 Å². The van der Waals surface area contributed by atoms with Crippen LogP contribution in [0.5, 0.6) is 5.75 Å². The summed E-state index contributed by atoms with van der Waals surface area (Å²) in [6.45, 7) is 0.421. The largest absolute Gasteiger partial charge is 0.492 e. The highest BCUT2D eigenvalue weighted by atomic mass is 16.5. The van der Waals surface area contributed by atoms with Crippen molar-refractivity contribution < 1.29 is 4.74 Å². The van der Waals surface area contributed by atoms with Crippen molar-refractivity contribution in [2.45, 2.75) is 6.42 Å². The number of hydrogen-bond donors (Lipinski definition) is 0. The molecule has 0 aliphatic heterocycles. The lowest BCUT2D eigenvalue weighted by Gasteiger charge is -2.06. The second kappa shape index (κ2) is 4.43. The van der Waals surface area contributed by atoms with Gasteiger partial charge in [-0.2, -0.15) is 5.26 Å². The van der Waals surface area contributed by atoms with Crippen LogP contribution in [0, 0.1) is 11.3 Å². The zero-order valence-corrected chi connectivity index (χ0v) is 8.18. The molecule has 74 valence electrons. The molecule has 0 saturated heterocycles. The molecule has 0 bridgehead atoms. The van der Waals surface area contributed by atoms with E-state index in [1.807, 2.05) is 36.4 Å². The number of rotatable bonds is 3. The molecular weight excluding hydrogens is 188 g/mol. The predicted molar refractivity (Wildman–Crippen MR) is 57.5 cm³/mol. The Morgan fingerprint density at radius 3 is 3.07 bits per heavy atom. The SMILES string of the molecule is N#CCCOc1cccc2ncccc12. The lowest BCUT2D eigenvalue weighted by molar-refractivity contribution is 0.330. The average Bonchev–Trinajstić information content (AvgIpc) is 2.30. The lowest BCUT2D eigenvalue weighted by atomic mass is 10.2. The molecule has 15 heavy (non-hydrogen) atoms. The van der Waals surface area contributed by atoms with Gasteiger partial charge in [-0.3, -0.25) is 4.98 Å². The first-order valence-electron chi connectivity index (χ1n) is 4.75. The van der Waals surface area contributed by atoms with Gasteiger partial charge in [0.1, 0.15) is 12.4 Å². The summed E-state index contributed by atoms with van der Waals surface area (Å²) in [5.74, 6) is 0.788. The van der Waals surface area contributed by atoms with Crippen LogP contribution in [0.4, 0.5) is 0 Å². The molecule has 0 unspecified atom stereocenters. The molecule has 2 rings (SSSR count). The highest BCUT2D eigenvalue weighted by Gasteiger charge is 2.00. The van der Waals surface area contributed by atoms with E-state index >= 15 is 0 Å². The lowest BCUT2D eigenvalue weighted by Crippen LogP contribution is -1.96. The number of fused-ring (bicyclic) bond motifs is 1. The maximum Gasteiger partial charge on any atom is 0.128 e. The third-order valence-corrected chi connectivity index (χ3v) is 2.08. The molecular formula is C12H10N2O. The van der Waals surface area contributed by atoms with Gasteiger partial charge in [0, 0.05) is 11.6 Å². The van der Waals surface area contributed by atoms with Crippen LogP contribution >= 0.6 is 0 Å². The summed E-state index contributed by atoms with van der Waals surface area (Å²) in [6.07, 6.45) is 2.15. The minimum atomic E-state index is 0.399. The monoisotopic (exact) mass is 198 g/mol. The molecule has 0 amide bonds. The van der Waals surface area contributed by atoms with E-state index in [0.29, 0.717) is 13.0 Å². The Morgan fingerprint density at radius 1 is 1.27 bits per heavy atom. The Morgan fingerprint density at radius 2 is 2.20 bits per heavy atom. The predicted octanol–water partition coefficient (Wildman–Crippen LogP) is 2.53. The summed E-state index contributed by atoms with van der Waals surface area (Å²) in [5.41, 5.74) is 0.909.